The summed E-state index contributed by atoms with van der Waals surface area (Å²) in [6.45, 7) is 1.54. The van der Waals surface area contributed by atoms with Gasteiger partial charge in [-0.2, -0.15) is 5.26 Å². The van der Waals surface area contributed by atoms with E-state index in [1.165, 1.54) is 7.11 Å². The van der Waals surface area contributed by atoms with Gasteiger partial charge >= 0.3 is 5.97 Å². The third-order valence-corrected chi connectivity index (χ3v) is 2.54. The van der Waals surface area contributed by atoms with Crippen LogP contribution in [-0.4, -0.2) is 36.6 Å². The summed E-state index contributed by atoms with van der Waals surface area (Å²) in [5.41, 5.74) is 1.47. The number of esters is 1. The van der Waals surface area contributed by atoms with Gasteiger partial charge in [0, 0.05) is 19.2 Å². The van der Waals surface area contributed by atoms with Crippen molar-refractivity contribution in [3.05, 3.63) is 29.6 Å². The van der Waals surface area contributed by atoms with E-state index >= 15 is 0 Å². The molecule has 0 amide bonds. The minimum atomic E-state index is -0.181. The molecule has 0 aliphatic carbocycles. The molecule has 0 aromatic carbocycles. The number of aromatic nitrogens is 1. The van der Waals surface area contributed by atoms with Crippen molar-refractivity contribution < 1.29 is 9.53 Å². The molecule has 96 valence electrons. The van der Waals surface area contributed by atoms with E-state index in [2.05, 4.69) is 14.6 Å². The standard InChI is InChI=1S/C13H17N3O2/c1-16(7-3-4-13(17)18-2)10-11-5-6-15-12(8-11)9-14/h5-6,8H,3-4,7,10H2,1-2H3. The van der Waals surface area contributed by atoms with E-state index in [1.807, 2.05) is 19.2 Å². The molecule has 0 saturated heterocycles. The highest BCUT2D eigenvalue weighted by molar-refractivity contribution is 5.69. The van der Waals surface area contributed by atoms with Gasteiger partial charge < -0.3 is 9.64 Å². The Morgan fingerprint density at radius 3 is 3.06 bits per heavy atom. The second-order valence-electron chi connectivity index (χ2n) is 4.08. The van der Waals surface area contributed by atoms with Crippen molar-refractivity contribution in [2.45, 2.75) is 19.4 Å². The Morgan fingerprint density at radius 1 is 1.61 bits per heavy atom. The first-order valence-electron chi connectivity index (χ1n) is 5.76. The molecule has 1 rings (SSSR count). The van der Waals surface area contributed by atoms with Gasteiger partial charge in [-0.1, -0.05) is 0 Å². The molecule has 0 N–H and O–H groups in total. The average molecular weight is 247 g/mol. The highest BCUT2D eigenvalue weighted by Gasteiger charge is 2.04. The molecule has 0 fully saturated rings. The number of rotatable bonds is 6. The van der Waals surface area contributed by atoms with Crippen LogP contribution in [0.2, 0.25) is 0 Å². The maximum absolute atomic E-state index is 11.0. The van der Waals surface area contributed by atoms with E-state index < -0.39 is 0 Å². The Balaban J connectivity index is 2.37. The Morgan fingerprint density at radius 2 is 2.39 bits per heavy atom. The lowest BCUT2D eigenvalue weighted by Gasteiger charge is -2.16. The molecular weight excluding hydrogens is 230 g/mol. The first-order chi connectivity index (χ1) is 8.65. The second kappa shape index (κ2) is 7.41. The Labute approximate surface area is 107 Å². The fourth-order valence-electron chi connectivity index (χ4n) is 1.62. The zero-order chi connectivity index (χ0) is 13.4. The van der Waals surface area contributed by atoms with Crippen LogP contribution in [0.4, 0.5) is 0 Å². The van der Waals surface area contributed by atoms with Crippen LogP contribution in [-0.2, 0) is 16.1 Å². The van der Waals surface area contributed by atoms with E-state index in [0.717, 1.165) is 25.1 Å². The van der Waals surface area contributed by atoms with Crippen molar-refractivity contribution >= 4 is 5.97 Å². The quantitative estimate of drug-likeness (QED) is 0.710. The van der Waals surface area contributed by atoms with Crippen LogP contribution in [0.15, 0.2) is 18.3 Å². The lowest BCUT2D eigenvalue weighted by Crippen LogP contribution is -2.20. The SMILES string of the molecule is COC(=O)CCCN(C)Cc1ccnc(C#N)c1. The van der Waals surface area contributed by atoms with Crippen LogP contribution >= 0.6 is 0 Å². The topological polar surface area (TPSA) is 66.2 Å². The minimum absolute atomic E-state index is 0.181. The van der Waals surface area contributed by atoms with Gasteiger partial charge in [-0.05, 0) is 37.7 Å². The summed E-state index contributed by atoms with van der Waals surface area (Å²) in [5, 5.41) is 8.75. The molecule has 1 heterocycles. The molecule has 0 aliphatic rings. The van der Waals surface area contributed by atoms with Gasteiger partial charge in [0.2, 0.25) is 0 Å². The van der Waals surface area contributed by atoms with Gasteiger partial charge in [0.25, 0.3) is 0 Å². The van der Waals surface area contributed by atoms with Crippen molar-refractivity contribution in [1.29, 1.82) is 5.26 Å². The number of nitrogens with zero attached hydrogens (tertiary/aromatic N) is 3. The molecule has 0 unspecified atom stereocenters. The molecule has 5 heteroatoms. The summed E-state index contributed by atoms with van der Waals surface area (Å²) in [6.07, 6.45) is 2.83. The van der Waals surface area contributed by atoms with Crippen molar-refractivity contribution in [2.75, 3.05) is 20.7 Å². The molecule has 5 nitrogen and oxygen atoms in total. The normalized spacial score (nSPS) is 10.1. The van der Waals surface area contributed by atoms with Crippen LogP contribution in [0.5, 0.6) is 0 Å². The third-order valence-electron chi connectivity index (χ3n) is 2.54. The summed E-state index contributed by atoms with van der Waals surface area (Å²) in [4.78, 5) is 17.0. The number of ether oxygens (including phenoxy) is 1. The number of pyridine rings is 1. The number of nitriles is 1. The summed E-state index contributed by atoms with van der Waals surface area (Å²) in [5.74, 6) is -0.181. The predicted molar refractivity (Wildman–Crippen MR) is 66.5 cm³/mol. The monoisotopic (exact) mass is 247 g/mol. The first-order valence-corrected chi connectivity index (χ1v) is 5.76. The largest absolute Gasteiger partial charge is 0.469 e. The maximum atomic E-state index is 11.0. The molecule has 0 radical (unpaired) electrons. The molecule has 0 spiro atoms. The van der Waals surface area contributed by atoms with E-state index in [9.17, 15) is 4.79 Å². The molecule has 0 aliphatic heterocycles. The van der Waals surface area contributed by atoms with Crippen LogP contribution < -0.4 is 0 Å². The summed E-state index contributed by atoms with van der Waals surface area (Å²) in [7, 11) is 3.37. The van der Waals surface area contributed by atoms with Gasteiger partial charge in [0.15, 0.2) is 0 Å². The van der Waals surface area contributed by atoms with Crippen LogP contribution in [0.1, 0.15) is 24.1 Å². The third kappa shape index (κ3) is 4.93. The molecule has 1 aromatic heterocycles. The van der Waals surface area contributed by atoms with Crippen molar-refractivity contribution in [3.63, 3.8) is 0 Å². The summed E-state index contributed by atoms with van der Waals surface area (Å²) >= 11 is 0. The number of carbonyl (C=O) groups is 1. The van der Waals surface area contributed by atoms with Crippen LogP contribution in [0.25, 0.3) is 0 Å². The summed E-state index contributed by atoms with van der Waals surface area (Å²) in [6, 6.07) is 5.68. The molecule has 1 aromatic rings. The Kier molecular flexibility index (Phi) is 5.81. The van der Waals surface area contributed by atoms with E-state index in [4.69, 9.17) is 5.26 Å². The van der Waals surface area contributed by atoms with Crippen molar-refractivity contribution in [3.8, 4) is 6.07 Å². The van der Waals surface area contributed by atoms with Gasteiger partial charge in [0.1, 0.15) is 11.8 Å². The minimum Gasteiger partial charge on any atom is -0.469 e. The second-order valence-corrected chi connectivity index (χ2v) is 4.08. The zero-order valence-electron chi connectivity index (χ0n) is 10.7. The Hall–Kier alpha value is -1.93. The molecular formula is C13H17N3O2. The van der Waals surface area contributed by atoms with Crippen LogP contribution in [0.3, 0.4) is 0 Å². The summed E-state index contributed by atoms with van der Waals surface area (Å²) < 4.78 is 4.58. The molecule has 0 bridgehead atoms. The number of hydrogen-bond acceptors (Lipinski definition) is 5. The number of hydrogen-bond donors (Lipinski definition) is 0. The van der Waals surface area contributed by atoms with E-state index in [1.54, 1.807) is 12.3 Å². The fourth-order valence-corrected chi connectivity index (χ4v) is 1.62. The molecule has 18 heavy (non-hydrogen) atoms. The van der Waals surface area contributed by atoms with E-state index in [0.29, 0.717) is 12.1 Å². The van der Waals surface area contributed by atoms with Gasteiger partial charge in [-0.3, -0.25) is 4.79 Å². The van der Waals surface area contributed by atoms with Crippen molar-refractivity contribution in [2.24, 2.45) is 0 Å². The predicted octanol–water partition coefficient (Wildman–Crippen LogP) is 1.34. The van der Waals surface area contributed by atoms with Crippen molar-refractivity contribution in [1.82, 2.24) is 9.88 Å². The highest BCUT2D eigenvalue weighted by Crippen LogP contribution is 2.05. The average Bonchev–Trinajstić information content (AvgIpc) is 2.38. The van der Waals surface area contributed by atoms with E-state index in [-0.39, 0.29) is 5.97 Å². The lowest BCUT2D eigenvalue weighted by molar-refractivity contribution is -0.140. The van der Waals surface area contributed by atoms with Crippen LogP contribution in [0, 0.1) is 11.3 Å². The van der Waals surface area contributed by atoms with Gasteiger partial charge in [-0.15, -0.1) is 0 Å². The Bertz CT molecular complexity index is 440. The molecule has 0 atom stereocenters. The number of carbonyl (C=O) groups excluding carboxylic acids is 1. The molecule has 0 saturated carbocycles. The van der Waals surface area contributed by atoms with Gasteiger partial charge in [0.05, 0.1) is 7.11 Å². The highest BCUT2D eigenvalue weighted by atomic mass is 16.5. The number of methoxy groups -OCH3 is 1. The maximum Gasteiger partial charge on any atom is 0.305 e. The first kappa shape index (κ1) is 14.1. The fraction of sp³-hybridized carbons (Fsp3) is 0.462. The lowest BCUT2D eigenvalue weighted by atomic mass is 10.2. The zero-order valence-corrected chi connectivity index (χ0v) is 10.7. The van der Waals surface area contributed by atoms with Gasteiger partial charge in [-0.25, -0.2) is 4.98 Å². The smallest absolute Gasteiger partial charge is 0.305 e.